The van der Waals surface area contributed by atoms with Gasteiger partial charge in [-0.25, -0.2) is 0 Å². The van der Waals surface area contributed by atoms with Crippen molar-refractivity contribution in [3.8, 4) is 5.75 Å². The highest BCUT2D eigenvalue weighted by atomic mass is 16.3. The molecule has 3 N–H and O–H groups in total. The van der Waals surface area contributed by atoms with Gasteiger partial charge in [0, 0.05) is 5.56 Å². The van der Waals surface area contributed by atoms with E-state index in [1.807, 2.05) is 0 Å². The van der Waals surface area contributed by atoms with Crippen molar-refractivity contribution in [3.63, 3.8) is 0 Å². The van der Waals surface area contributed by atoms with Crippen molar-refractivity contribution in [2.45, 2.75) is 6.54 Å². The summed E-state index contributed by atoms with van der Waals surface area (Å²) in [6, 6.07) is 10.4. The maximum atomic E-state index is 12.4. The first-order valence-corrected chi connectivity index (χ1v) is 6.55. The summed E-state index contributed by atoms with van der Waals surface area (Å²) in [5.74, 6) is -1.42. The lowest BCUT2D eigenvalue weighted by Gasteiger charge is -2.13. The Hall–Kier alpha value is -3.15. The number of fused-ring (bicyclic) bond motifs is 1. The van der Waals surface area contributed by atoms with Crippen molar-refractivity contribution in [3.05, 3.63) is 64.7 Å². The van der Waals surface area contributed by atoms with Gasteiger partial charge in [0.25, 0.3) is 11.8 Å². The first-order valence-electron chi connectivity index (χ1n) is 6.55. The molecule has 0 atom stereocenters. The maximum Gasteiger partial charge on any atom is 0.261 e. The molecule has 2 aromatic rings. The van der Waals surface area contributed by atoms with E-state index in [0.29, 0.717) is 5.56 Å². The lowest BCUT2D eigenvalue weighted by Crippen LogP contribution is -2.29. The molecule has 1 aliphatic heterocycles. The van der Waals surface area contributed by atoms with Crippen LogP contribution >= 0.6 is 0 Å². The van der Waals surface area contributed by atoms with E-state index >= 15 is 0 Å². The number of hydrogen-bond donors (Lipinski definition) is 2. The molecule has 22 heavy (non-hydrogen) atoms. The number of imide groups is 1. The Morgan fingerprint density at radius 2 is 1.64 bits per heavy atom. The number of carbonyl (C=O) groups excluding carboxylic acids is 3. The second kappa shape index (κ2) is 5.00. The molecule has 3 amide bonds. The minimum atomic E-state index is -0.653. The Labute approximate surface area is 125 Å². The van der Waals surface area contributed by atoms with Crippen LogP contribution in [-0.2, 0) is 6.54 Å². The summed E-state index contributed by atoms with van der Waals surface area (Å²) in [7, 11) is 0. The quantitative estimate of drug-likeness (QED) is 0.833. The summed E-state index contributed by atoms with van der Waals surface area (Å²) in [6.45, 7) is 0.0958. The van der Waals surface area contributed by atoms with Crippen LogP contribution in [-0.4, -0.2) is 27.7 Å². The van der Waals surface area contributed by atoms with E-state index in [-0.39, 0.29) is 29.0 Å². The number of primary amides is 1. The first kappa shape index (κ1) is 13.8. The summed E-state index contributed by atoms with van der Waals surface area (Å²) in [4.78, 5) is 36.9. The molecule has 0 bridgehead atoms. The van der Waals surface area contributed by atoms with E-state index in [1.54, 1.807) is 12.1 Å². The normalized spacial score (nSPS) is 13.4. The summed E-state index contributed by atoms with van der Waals surface area (Å²) < 4.78 is 0. The third-order valence-electron chi connectivity index (χ3n) is 3.53. The molecule has 0 aromatic heterocycles. The Balaban J connectivity index is 1.92. The fourth-order valence-electron chi connectivity index (χ4n) is 2.37. The van der Waals surface area contributed by atoms with E-state index in [9.17, 15) is 19.5 Å². The van der Waals surface area contributed by atoms with Crippen molar-refractivity contribution in [2.75, 3.05) is 0 Å². The highest BCUT2D eigenvalue weighted by Gasteiger charge is 2.35. The molecule has 3 rings (SSSR count). The molecule has 2 aromatic carbocycles. The Bertz CT molecular complexity index is 796. The van der Waals surface area contributed by atoms with E-state index < -0.39 is 17.7 Å². The number of phenolic OH excluding ortho intramolecular Hbond substituents is 1. The zero-order valence-electron chi connectivity index (χ0n) is 11.4. The fraction of sp³-hybridized carbons (Fsp3) is 0.0625. The van der Waals surface area contributed by atoms with Crippen LogP contribution in [0, 0.1) is 0 Å². The maximum absolute atomic E-state index is 12.4. The second-order valence-electron chi connectivity index (χ2n) is 4.99. The molecular formula is C16H12N2O4. The van der Waals surface area contributed by atoms with Gasteiger partial charge in [0.1, 0.15) is 5.75 Å². The van der Waals surface area contributed by atoms with Gasteiger partial charge in [-0.2, -0.15) is 0 Å². The van der Waals surface area contributed by atoms with Crippen LogP contribution in [0.3, 0.4) is 0 Å². The zero-order valence-corrected chi connectivity index (χ0v) is 11.4. The van der Waals surface area contributed by atoms with Crippen molar-refractivity contribution in [1.29, 1.82) is 0 Å². The molecule has 0 unspecified atom stereocenters. The predicted molar refractivity (Wildman–Crippen MR) is 77.3 cm³/mol. The molecule has 6 heteroatoms. The molecule has 0 saturated carbocycles. The van der Waals surface area contributed by atoms with E-state index in [4.69, 9.17) is 5.73 Å². The highest BCUT2D eigenvalue weighted by molar-refractivity contribution is 6.21. The van der Waals surface area contributed by atoms with Crippen molar-refractivity contribution in [1.82, 2.24) is 4.90 Å². The highest BCUT2D eigenvalue weighted by Crippen LogP contribution is 2.26. The number of nitrogens with two attached hydrogens (primary N) is 1. The van der Waals surface area contributed by atoms with Crippen LogP contribution in [0.1, 0.15) is 36.6 Å². The van der Waals surface area contributed by atoms with Crippen LogP contribution in [0.2, 0.25) is 0 Å². The average molecular weight is 296 g/mol. The van der Waals surface area contributed by atoms with Crippen LogP contribution in [0.4, 0.5) is 0 Å². The van der Waals surface area contributed by atoms with Gasteiger partial charge in [0.05, 0.1) is 17.7 Å². The van der Waals surface area contributed by atoms with Crippen LogP contribution in [0.15, 0.2) is 42.5 Å². The Morgan fingerprint density at radius 1 is 1.00 bits per heavy atom. The van der Waals surface area contributed by atoms with Crippen LogP contribution in [0.5, 0.6) is 5.75 Å². The van der Waals surface area contributed by atoms with Gasteiger partial charge in [-0.1, -0.05) is 12.1 Å². The fourth-order valence-corrected chi connectivity index (χ4v) is 2.37. The summed E-state index contributed by atoms with van der Waals surface area (Å²) in [5.41, 5.74) is 6.52. The zero-order chi connectivity index (χ0) is 15.9. The number of aromatic hydroxyl groups is 1. The molecule has 0 saturated heterocycles. The molecule has 6 nitrogen and oxygen atoms in total. The smallest absolute Gasteiger partial charge is 0.261 e. The molecule has 1 heterocycles. The topological polar surface area (TPSA) is 101 Å². The third-order valence-corrected chi connectivity index (χ3v) is 3.53. The van der Waals surface area contributed by atoms with Crippen LogP contribution < -0.4 is 5.73 Å². The monoisotopic (exact) mass is 296 g/mol. The van der Waals surface area contributed by atoms with Gasteiger partial charge in [0.15, 0.2) is 0 Å². The van der Waals surface area contributed by atoms with E-state index in [2.05, 4.69) is 0 Å². The molecule has 110 valence electrons. The van der Waals surface area contributed by atoms with Crippen LogP contribution in [0.25, 0.3) is 0 Å². The minimum absolute atomic E-state index is 0.0958. The van der Waals surface area contributed by atoms with Crippen molar-refractivity contribution < 1.29 is 19.5 Å². The third kappa shape index (κ3) is 2.20. The lowest BCUT2D eigenvalue weighted by molar-refractivity contribution is 0.0642. The standard InChI is InChI=1S/C16H12N2O4/c17-14(20)10-3-6-12-13(7-10)16(22)18(15(12)21)8-9-1-4-11(19)5-2-9/h1-7,19H,8H2,(H2,17,20). The van der Waals surface area contributed by atoms with Gasteiger partial charge in [0.2, 0.25) is 5.91 Å². The minimum Gasteiger partial charge on any atom is -0.508 e. The molecule has 0 fully saturated rings. The SMILES string of the molecule is NC(=O)c1ccc2c(c1)C(=O)N(Cc1ccc(O)cc1)C2=O. The molecule has 0 aliphatic carbocycles. The second-order valence-corrected chi connectivity index (χ2v) is 4.99. The molecule has 0 radical (unpaired) electrons. The van der Waals surface area contributed by atoms with Crippen molar-refractivity contribution in [2.24, 2.45) is 5.73 Å². The Morgan fingerprint density at radius 3 is 2.27 bits per heavy atom. The largest absolute Gasteiger partial charge is 0.508 e. The number of carbonyl (C=O) groups is 3. The summed E-state index contributed by atoms with van der Waals surface area (Å²) in [6.07, 6.45) is 0. The molecule has 1 aliphatic rings. The summed E-state index contributed by atoms with van der Waals surface area (Å²) >= 11 is 0. The number of benzene rings is 2. The number of rotatable bonds is 3. The van der Waals surface area contributed by atoms with Gasteiger partial charge < -0.3 is 10.8 Å². The van der Waals surface area contributed by atoms with Gasteiger partial charge in [-0.3, -0.25) is 19.3 Å². The number of nitrogens with zero attached hydrogens (tertiary/aromatic N) is 1. The van der Waals surface area contributed by atoms with Gasteiger partial charge in [-0.15, -0.1) is 0 Å². The molecule has 0 spiro atoms. The van der Waals surface area contributed by atoms with E-state index in [1.165, 1.54) is 30.3 Å². The first-order chi connectivity index (χ1) is 10.5. The van der Waals surface area contributed by atoms with E-state index in [0.717, 1.165) is 4.90 Å². The lowest BCUT2D eigenvalue weighted by atomic mass is 10.1. The average Bonchev–Trinajstić information content (AvgIpc) is 2.74. The number of hydrogen-bond acceptors (Lipinski definition) is 4. The number of phenols is 1. The van der Waals surface area contributed by atoms with Gasteiger partial charge in [-0.05, 0) is 35.9 Å². The van der Waals surface area contributed by atoms with Crippen molar-refractivity contribution >= 4 is 17.7 Å². The van der Waals surface area contributed by atoms with Gasteiger partial charge >= 0.3 is 0 Å². The molecular weight excluding hydrogens is 284 g/mol. The summed E-state index contributed by atoms with van der Waals surface area (Å²) in [5, 5.41) is 9.25. The Kier molecular flexibility index (Phi) is 3.14. The number of amides is 3. The predicted octanol–water partition coefficient (Wildman–Crippen LogP) is 1.29.